The van der Waals surface area contributed by atoms with Crippen LogP contribution in [0.1, 0.15) is 127 Å². The number of benzene rings is 4. The number of rotatable bonds is 40. The summed E-state index contributed by atoms with van der Waals surface area (Å²) in [5, 5.41) is 45.8. The van der Waals surface area contributed by atoms with Gasteiger partial charge in [-0.1, -0.05) is 51.0 Å². The minimum atomic E-state index is -2.34. The number of hydrogen-bond acceptors (Lipinski definition) is 24. The predicted octanol–water partition coefficient (Wildman–Crippen LogP) is 7.61. The van der Waals surface area contributed by atoms with Crippen molar-refractivity contribution in [1.29, 1.82) is 10.5 Å². The van der Waals surface area contributed by atoms with Crippen LogP contribution in [0.25, 0.3) is 0 Å². The van der Waals surface area contributed by atoms with Crippen LogP contribution in [-0.4, -0.2) is 157 Å². The van der Waals surface area contributed by atoms with Gasteiger partial charge in [-0.3, -0.25) is 19.4 Å². The first-order chi connectivity index (χ1) is 43.8. The van der Waals surface area contributed by atoms with Crippen molar-refractivity contribution in [1.82, 2.24) is 20.4 Å². The van der Waals surface area contributed by atoms with Gasteiger partial charge in [-0.05, 0) is 164 Å². The lowest BCUT2D eigenvalue weighted by atomic mass is 9.74. The van der Waals surface area contributed by atoms with Crippen molar-refractivity contribution in [3.63, 3.8) is 0 Å². The third-order valence-electron chi connectivity index (χ3n) is 15.7. The molecule has 29 heteroatoms. The molecule has 8 atom stereocenters. The fourth-order valence-electron chi connectivity index (χ4n) is 10.3. The van der Waals surface area contributed by atoms with Gasteiger partial charge in [0.25, 0.3) is 10.2 Å². The van der Waals surface area contributed by atoms with E-state index in [-0.39, 0.29) is 40.6 Å². The van der Waals surface area contributed by atoms with E-state index >= 15 is 0 Å². The molecule has 4 aromatic carbocycles. The fraction of sp³-hybridized carbons (Fsp3) is 0.531. The molecule has 93 heavy (non-hydrogen) atoms. The van der Waals surface area contributed by atoms with E-state index in [1.54, 1.807) is 64.8 Å². The summed E-state index contributed by atoms with van der Waals surface area (Å²) in [5.41, 5.74) is 1.46. The third-order valence-corrected chi connectivity index (χ3v) is 15.7. The molecule has 0 heterocycles. The maximum atomic E-state index is 13.8. The minimum Gasteiger partial charge on any atom is -0.493 e. The number of carbonyl (C=O) groups excluding carboxylic acids is 4. The molecule has 29 nitrogen and oxygen atoms in total. The van der Waals surface area contributed by atoms with Crippen LogP contribution in [0.3, 0.4) is 0 Å². The van der Waals surface area contributed by atoms with Crippen molar-refractivity contribution >= 4 is 23.8 Å². The van der Waals surface area contributed by atoms with Crippen LogP contribution in [-0.2, 0) is 49.2 Å². The highest BCUT2D eigenvalue weighted by Gasteiger charge is 2.37. The maximum absolute atomic E-state index is 13.8. The number of ether oxygens (including phenoxy) is 10. The van der Waals surface area contributed by atoms with E-state index in [9.17, 15) is 49.9 Å². The SMILES string of the molecule is CCCC(C#N)(CCCN(C)C(C)c1ccc(OC(OC(=O)C(=O)OC(Oc2ccc(C(C)N(C)CCCC(C#N)(CCC)c3ccc(OC)c(OC)c3)cc2OC)C(=O)NC[C@H](C)O[N+](=O)[O-])C(=O)NC[C@H](C)O[N+](=O)[O-])c(OC)c1)c1ccc(OC)c(OC)c1.O. The van der Waals surface area contributed by atoms with Gasteiger partial charge in [0.1, 0.15) is 12.2 Å². The van der Waals surface area contributed by atoms with Gasteiger partial charge in [0, 0.05) is 25.2 Å². The van der Waals surface area contributed by atoms with Crippen LogP contribution in [0.2, 0.25) is 0 Å². The Morgan fingerprint density at radius 1 is 0.516 bits per heavy atom. The molecule has 0 fully saturated rings. The summed E-state index contributed by atoms with van der Waals surface area (Å²) in [5.74, 6) is -4.37. The largest absolute Gasteiger partial charge is 0.493 e. The van der Waals surface area contributed by atoms with E-state index in [4.69, 9.17) is 47.4 Å². The van der Waals surface area contributed by atoms with E-state index in [1.165, 1.54) is 40.2 Å². The summed E-state index contributed by atoms with van der Waals surface area (Å²) < 4.78 is 55.7. The van der Waals surface area contributed by atoms with Gasteiger partial charge in [0.15, 0.2) is 46.0 Å². The molecule has 0 spiro atoms. The molecule has 0 aliphatic rings. The van der Waals surface area contributed by atoms with Gasteiger partial charge < -0.3 is 73.2 Å². The molecule has 4 rings (SSSR count). The average molecular weight is 1310 g/mol. The Balaban J connectivity index is 0.0000226. The van der Waals surface area contributed by atoms with Crippen molar-refractivity contribution < 1.29 is 91.9 Å². The van der Waals surface area contributed by atoms with Crippen LogP contribution < -0.4 is 48.5 Å². The zero-order valence-electron chi connectivity index (χ0n) is 55.2. The van der Waals surface area contributed by atoms with E-state index in [2.05, 4.69) is 42.2 Å². The highest BCUT2D eigenvalue weighted by molar-refractivity contribution is 6.30. The topological polar surface area (TPSA) is 375 Å². The summed E-state index contributed by atoms with van der Waals surface area (Å²) in [6, 6.07) is 25.1. The van der Waals surface area contributed by atoms with Gasteiger partial charge in [0.2, 0.25) is 0 Å². The molecule has 6 unspecified atom stereocenters. The molecule has 0 radical (unpaired) electrons. The normalized spacial score (nSPS) is 14.1. The number of methoxy groups -OCH3 is 6. The first-order valence-electron chi connectivity index (χ1n) is 29.8. The Morgan fingerprint density at radius 3 is 1.14 bits per heavy atom. The van der Waals surface area contributed by atoms with Gasteiger partial charge in [-0.2, -0.15) is 10.5 Å². The monoisotopic (exact) mass is 1300 g/mol. The molecule has 0 bridgehead atoms. The molecule has 510 valence electrons. The number of nitrogens with zero attached hydrogens (tertiary/aromatic N) is 6. The van der Waals surface area contributed by atoms with Crippen molar-refractivity contribution in [3.05, 3.63) is 115 Å². The quantitative estimate of drug-likeness (QED) is 0.0142. The number of hydrogen-bond donors (Lipinski definition) is 2. The second-order valence-corrected chi connectivity index (χ2v) is 21.8. The van der Waals surface area contributed by atoms with Gasteiger partial charge in [0.05, 0.1) is 65.6 Å². The Kier molecular flexibility index (Phi) is 31.5. The van der Waals surface area contributed by atoms with Crippen LogP contribution in [0.5, 0.6) is 46.0 Å². The van der Waals surface area contributed by atoms with Crippen molar-refractivity contribution in [2.75, 3.05) is 82.9 Å². The second-order valence-electron chi connectivity index (χ2n) is 21.8. The third kappa shape index (κ3) is 21.8. The van der Waals surface area contributed by atoms with Gasteiger partial charge in [-0.25, -0.2) is 9.59 Å². The van der Waals surface area contributed by atoms with E-state index in [1.807, 2.05) is 66.1 Å². The number of nitriles is 2. The second kappa shape index (κ2) is 37.7. The Labute approximate surface area is 541 Å². The molecular formula is C64H88N8O21. The Hall–Kier alpha value is -9.58. The molecule has 0 saturated heterocycles. The lowest BCUT2D eigenvalue weighted by Gasteiger charge is -2.30. The van der Waals surface area contributed by atoms with E-state index < -0.39 is 82.6 Å². The van der Waals surface area contributed by atoms with Crippen molar-refractivity contribution in [3.8, 4) is 58.1 Å². The highest BCUT2D eigenvalue weighted by Crippen LogP contribution is 2.42. The Morgan fingerprint density at radius 2 is 0.839 bits per heavy atom. The van der Waals surface area contributed by atoms with Crippen LogP contribution >= 0.6 is 0 Å². The number of nitrogens with one attached hydrogen (secondary N) is 2. The van der Waals surface area contributed by atoms with Crippen molar-refractivity contribution in [2.24, 2.45) is 0 Å². The summed E-state index contributed by atoms with van der Waals surface area (Å²) in [6.45, 7) is 10.6. The highest BCUT2D eigenvalue weighted by atomic mass is 17.0. The number of carbonyl (C=O) groups is 4. The molecule has 0 saturated carbocycles. The predicted molar refractivity (Wildman–Crippen MR) is 336 cm³/mol. The van der Waals surface area contributed by atoms with E-state index in [0.717, 1.165) is 24.0 Å². The molecule has 4 N–H and O–H groups in total. The zero-order chi connectivity index (χ0) is 68.3. The lowest BCUT2D eigenvalue weighted by Crippen LogP contribution is -2.47. The number of amides is 2. The summed E-state index contributed by atoms with van der Waals surface area (Å²) in [6.07, 6.45) is -2.04. The molecular weight excluding hydrogens is 1220 g/mol. The smallest absolute Gasteiger partial charge is 0.421 e. The zero-order valence-corrected chi connectivity index (χ0v) is 55.2. The molecule has 0 aromatic heterocycles. The maximum Gasteiger partial charge on any atom is 0.421 e. The van der Waals surface area contributed by atoms with Crippen LogP contribution in [0, 0.1) is 42.9 Å². The van der Waals surface area contributed by atoms with Crippen molar-refractivity contribution in [2.45, 2.75) is 141 Å². The molecule has 0 aliphatic carbocycles. The van der Waals surface area contributed by atoms with Gasteiger partial charge >= 0.3 is 36.3 Å². The summed E-state index contributed by atoms with van der Waals surface area (Å²) in [7, 11) is 12.6. The van der Waals surface area contributed by atoms with Crippen LogP contribution in [0.15, 0.2) is 72.8 Å². The number of esters is 2. The minimum absolute atomic E-state index is 0. The standard InChI is InChI=1S/C64H86N8O20.H2O/c1-15-27-63(39-65,47-21-25-49(81-9)55(35-47)85-13)29-17-31-69(7)43(5)45-19-23-51(53(33-45)83-11)87-61(57(73)67-37-41(3)91-71(77)78)89-59(75)60(76)90-62(58(74)68-38-42(4)92-72(79)80)88-52-24-20-46(34-54(52)84-12)44(6)70(8)32-18-30-64(40-66,28-16-2)48-22-26-50(82-10)56(36-48)86-14;/h19-26,33-36,41-44,61-62H,15-18,27-32,37-38H2,1-14H3,(H,67,73)(H,68,74);1H2/t41-,42-,43?,44?,61?,62?,63?,64?;/m0./s1. The summed E-state index contributed by atoms with van der Waals surface area (Å²) in [4.78, 5) is 90.4. The first-order valence-corrected chi connectivity index (χ1v) is 29.8. The molecule has 0 aliphatic heterocycles. The molecule has 2 amide bonds. The van der Waals surface area contributed by atoms with Gasteiger partial charge in [-0.15, -0.1) is 20.2 Å². The average Bonchev–Trinajstić information content (AvgIpc) is 0.850. The van der Waals surface area contributed by atoms with E-state index in [0.29, 0.717) is 85.7 Å². The summed E-state index contributed by atoms with van der Waals surface area (Å²) >= 11 is 0. The molecule has 4 aromatic rings. The fourth-order valence-corrected chi connectivity index (χ4v) is 10.3. The van der Waals surface area contributed by atoms with Crippen LogP contribution in [0.4, 0.5) is 0 Å². The first kappa shape index (κ1) is 77.7. The Bertz CT molecular complexity index is 3010. The lowest BCUT2D eigenvalue weighted by molar-refractivity contribution is -0.767.